The van der Waals surface area contributed by atoms with Crippen LogP contribution in [0.3, 0.4) is 0 Å². The molecular weight excluding hydrogens is 953 g/mol. The maximum Gasteiger partial charge on any atom is 0.342 e. The number of methoxy groups -OCH3 is 2. The van der Waals surface area contributed by atoms with Crippen LogP contribution in [-0.4, -0.2) is 92.2 Å². The van der Waals surface area contributed by atoms with E-state index in [-0.39, 0.29) is 82.4 Å². The lowest BCUT2D eigenvalue weighted by molar-refractivity contribution is -0.118. The highest BCUT2D eigenvalue weighted by Gasteiger charge is 2.27. The first-order valence-corrected chi connectivity index (χ1v) is 22.3. The third kappa shape index (κ3) is 14.8. The Labute approximate surface area is 426 Å². The first kappa shape index (κ1) is 54.9. The summed E-state index contributed by atoms with van der Waals surface area (Å²) in [5, 5.41) is 22.7. The van der Waals surface area contributed by atoms with Crippen molar-refractivity contribution in [3.8, 4) is 34.8 Å². The minimum Gasteiger partial charge on any atom is -0.491 e. The molecular formula is C54H52N8O12. The van der Waals surface area contributed by atoms with E-state index < -0.39 is 48.0 Å². The topological polar surface area (TPSA) is 268 Å². The van der Waals surface area contributed by atoms with Crippen LogP contribution in [0.2, 0.25) is 0 Å². The standard InChI is InChI=1S/C54H52N8O12/c1-8-26-71-37-16-12-34(13-17-37)30-33(5)49(63)58-35-14-20-43(56-31-35)52(66)62-44(24-25-55)53(67)59-36-15-21-42(57-32-36)51(65)61-41-22-18-38(45(47(41)69-6)72-27-9-2)50(64)60-40-23-19-39(54(68)74-29-11-4)46(48(40)70-7)73-28-10-3/h8-23,30-32,44H,1-4,24,26-29H2,5-7H3,(H,58,63)(H,59,67)(H,60,64)(H,61,65)(H,62,66)/t44-/m0/s1. The van der Waals surface area contributed by atoms with Crippen LogP contribution in [-0.2, 0) is 14.3 Å². The highest BCUT2D eigenvalue weighted by molar-refractivity contribution is 6.10. The van der Waals surface area contributed by atoms with Gasteiger partial charge in [-0.05, 0) is 79.2 Å². The average molecular weight is 1010 g/mol. The van der Waals surface area contributed by atoms with Gasteiger partial charge in [0.25, 0.3) is 23.6 Å². The van der Waals surface area contributed by atoms with Gasteiger partial charge in [-0.25, -0.2) is 14.8 Å². The van der Waals surface area contributed by atoms with Crippen LogP contribution in [0.25, 0.3) is 6.08 Å². The number of carbonyl (C=O) groups excluding carboxylic acids is 6. The number of amides is 5. The van der Waals surface area contributed by atoms with Gasteiger partial charge in [0, 0.05) is 5.57 Å². The lowest BCUT2D eigenvalue weighted by Crippen LogP contribution is -2.43. The molecule has 0 unspecified atom stereocenters. The molecule has 0 radical (unpaired) electrons. The van der Waals surface area contributed by atoms with E-state index in [0.29, 0.717) is 23.6 Å². The number of pyridine rings is 2. The van der Waals surface area contributed by atoms with Crippen LogP contribution in [0.1, 0.15) is 60.6 Å². The van der Waals surface area contributed by atoms with Crippen LogP contribution in [0.4, 0.5) is 22.7 Å². The monoisotopic (exact) mass is 1000 g/mol. The molecule has 2 heterocycles. The Morgan fingerprint density at radius 3 is 1.68 bits per heavy atom. The van der Waals surface area contributed by atoms with E-state index in [1.54, 1.807) is 43.3 Å². The van der Waals surface area contributed by atoms with E-state index in [2.05, 4.69) is 62.9 Å². The van der Waals surface area contributed by atoms with Crippen molar-refractivity contribution >= 4 is 64.3 Å². The van der Waals surface area contributed by atoms with Crippen molar-refractivity contribution in [3.05, 3.63) is 169 Å². The molecule has 0 saturated carbocycles. The second-order valence-electron chi connectivity index (χ2n) is 15.2. The zero-order valence-corrected chi connectivity index (χ0v) is 40.7. The van der Waals surface area contributed by atoms with Gasteiger partial charge in [-0.1, -0.05) is 62.8 Å². The van der Waals surface area contributed by atoms with E-state index in [0.717, 1.165) is 5.56 Å². The van der Waals surface area contributed by atoms with Crippen molar-refractivity contribution < 1.29 is 57.2 Å². The third-order valence-electron chi connectivity index (χ3n) is 10.0. The maximum atomic E-state index is 13.9. The molecule has 1 atom stereocenters. The van der Waals surface area contributed by atoms with Gasteiger partial charge >= 0.3 is 5.97 Å². The molecule has 0 spiro atoms. The van der Waals surface area contributed by atoms with Crippen LogP contribution in [0.5, 0.6) is 28.7 Å². The zero-order valence-electron chi connectivity index (χ0n) is 40.7. The SMILES string of the molecule is C=CCOC(=O)c1ccc(NC(=O)c2ccc(NC(=O)c3ccc(NC(=O)[C@H](CC#N)NC(=O)c4ccc(NC(=O)C(C)=Cc5ccc(OCC=C)cc5)cn4)cn3)c(OC)c2OCC=C)c(OC)c1OCC=C. The van der Waals surface area contributed by atoms with Gasteiger partial charge in [-0.15, -0.1) is 0 Å². The van der Waals surface area contributed by atoms with Crippen molar-refractivity contribution in [2.75, 3.05) is 61.9 Å². The molecule has 0 saturated heterocycles. The second kappa shape index (κ2) is 27.4. The summed E-state index contributed by atoms with van der Waals surface area (Å²) in [5.41, 5.74) is 1.64. The highest BCUT2D eigenvalue weighted by atomic mass is 16.5. The van der Waals surface area contributed by atoms with E-state index in [4.69, 9.17) is 28.4 Å². The number of ether oxygens (including phenoxy) is 6. The van der Waals surface area contributed by atoms with Crippen molar-refractivity contribution in [1.82, 2.24) is 15.3 Å². The summed E-state index contributed by atoms with van der Waals surface area (Å²) in [6.45, 7) is 16.4. The number of aromatic nitrogens is 2. The number of hydrogen-bond donors (Lipinski definition) is 5. The van der Waals surface area contributed by atoms with E-state index in [1.807, 2.05) is 6.07 Å². The smallest absolute Gasteiger partial charge is 0.342 e. The Kier molecular flexibility index (Phi) is 20.3. The van der Waals surface area contributed by atoms with Gasteiger partial charge in [0.2, 0.25) is 5.91 Å². The minimum absolute atomic E-state index is 0.00613. The molecule has 5 amide bonds. The van der Waals surface area contributed by atoms with Gasteiger partial charge in [-0.2, -0.15) is 5.26 Å². The quantitative estimate of drug-likeness (QED) is 0.0202. The molecule has 0 bridgehead atoms. The molecule has 2 aromatic heterocycles. The molecule has 5 N–H and O–H groups in total. The molecule has 0 fully saturated rings. The summed E-state index contributed by atoms with van der Waals surface area (Å²) in [7, 11) is 2.64. The lowest BCUT2D eigenvalue weighted by Gasteiger charge is -2.20. The molecule has 0 aliphatic rings. The van der Waals surface area contributed by atoms with Crippen LogP contribution in [0, 0.1) is 11.3 Å². The van der Waals surface area contributed by atoms with E-state index >= 15 is 0 Å². The highest BCUT2D eigenvalue weighted by Crippen LogP contribution is 2.42. The van der Waals surface area contributed by atoms with E-state index in [1.165, 1.54) is 93.4 Å². The molecule has 5 rings (SSSR count). The first-order chi connectivity index (χ1) is 35.8. The van der Waals surface area contributed by atoms with Crippen molar-refractivity contribution in [2.45, 2.75) is 19.4 Å². The minimum atomic E-state index is -1.32. The molecule has 20 nitrogen and oxygen atoms in total. The molecule has 380 valence electrons. The maximum absolute atomic E-state index is 13.9. The Hall–Kier alpha value is -10.0. The summed E-state index contributed by atoms with van der Waals surface area (Å²) < 4.78 is 33.5. The molecule has 0 aliphatic heterocycles. The summed E-state index contributed by atoms with van der Waals surface area (Å²) in [4.78, 5) is 87.9. The summed E-state index contributed by atoms with van der Waals surface area (Å²) in [6.07, 6.45) is 9.71. The van der Waals surface area contributed by atoms with Gasteiger partial charge in [0.1, 0.15) is 55.2 Å². The van der Waals surface area contributed by atoms with Crippen molar-refractivity contribution in [3.63, 3.8) is 0 Å². The van der Waals surface area contributed by atoms with Crippen LogP contribution in [0.15, 0.2) is 141 Å². The van der Waals surface area contributed by atoms with Crippen LogP contribution < -0.4 is 50.3 Å². The summed E-state index contributed by atoms with van der Waals surface area (Å²) in [6, 6.07) is 18.8. The lowest BCUT2D eigenvalue weighted by atomic mass is 10.1. The molecule has 20 heteroatoms. The molecule has 5 aromatic rings. The normalized spacial score (nSPS) is 10.9. The Morgan fingerprint density at radius 1 is 0.608 bits per heavy atom. The fourth-order valence-corrected chi connectivity index (χ4v) is 6.55. The Morgan fingerprint density at radius 2 is 1.14 bits per heavy atom. The number of esters is 1. The van der Waals surface area contributed by atoms with Crippen LogP contribution >= 0.6 is 0 Å². The zero-order chi connectivity index (χ0) is 53.6. The van der Waals surface area contributed by atoms with Gasteiger partial charge < -0.3 is 55.0 Å². The predicted molar refractivity (Wildman–Crippen MR) is 277 cm³/mol. The van der Waals surface area contributed by atoms with Gasteiger partial charge in [0.15, 0.2) is 23.0 Å². The number of hydrogen-bond acceptors (Lipinski definition) is 15. The number of rotatable bonds is 26. The molecule has 0 aliphatic carbocycles. The van der Waals surface area contributed by atoms with E-state index in [9.17, 15) is 34.0 Å². The number of anilines is 4. The Balaban J connectivity index is 1.23. The van der Waals surface area contributed by atoms with Crippen molar-refractivity contribution in [1.29, 1.82) is 5.26 Å². The van der Waals surface area contributed by atoms with Gasteiger partial charge in [-0.3, -0.25) is 24.0 Å². The fourth-order valence-electron chi connectivity index (χ4n) is 6.55. The van der Waals surface area contributed by atoms with Gasteiger partial charge in [0.05, 0.1) is 67.4 Å². The largest absolute Gasteiger partial charge is 0.491 e. The predicted octanol–water partition coefficient (Wildman–Crippen LogP) is 7.73. The van der Waals surface area contributed by atoms with Crippen molar-refractivity contribution in [2.24, 2.45) is 0 Å². The first-order valence-electron chi connectivity index (χ1n) is 22.3. The third-order valence-corrected chi connectivity index (χ3v) is 10.0. The molecule has 74 heavy (non-hydrogen) atoms. The Bertz CT molecular complexity index is 2980. The summed E-state index contributed by atoms with van der Waals surface area (Å²) >= 11 is 0. The number of nitriles is 1. The summed E-state index contributed by atoms with van der Waals surface area (Å²) in [5.74, 6) is -3.49. The second-order valence-corrected chi connectivity index (χ2v) is 15.2. The number of carbonyl (C=O) groups is 6. The number of benzene rings is 3. The average Bonchev–Trinajstić information content (AvgIpc) is 3.40. The fraction of sp³-hybridized carbons (Fsp3) is 0.167. The molecule has 3 aromatic carbocycles. The number of nitrogens with zero attached hydrogens (tertiary/aromatic N) is 3. The number of nitrogens with one attached hydrogen (secondary N) is 5.